The molecule has 1 rings (SSSR count). The van der Waals surface area contributed by atoms with Crippen LogP contribution in [-0.2, 0) is 20.6 Å². The molecule has 0 bridgehead atoms. The van der Waals surface area contributed by atoms with E-state index in [4.69, 9.17) is 13.9 Å². The first-order valence-corrected chi connectivity index (χ1v) is 10.9. The summed E-state index contributed by atoms with van der Waals surface area (Å²) < 4.78 is 17.4. The first kappa shape index (κ1) is 23.1. The number of benzene rings is 1. The van der Waals surface area contributed by atoms with Gasteiger partial charge in [-0.25, -0.2) is 4.79 Å². The highest BCUT2D eigenvalue weighted by Crippen LogP contribution is 2.28. The van der Waals surface area contributed by atoms with Crippen LogP contribution in [0.1, 0.15) is 40.7 Å². The summed E-state index contributed by atoms with van der Waals surface area (Å²) in [6.07, 6.45) is 2.63. The SMILES string of the molecule is C.CCOC(=O)C=COc1cc(CO[SiH](C)C(C)(C)C)ccc1I. The van der Waals surface area contributed by atoms with Gasteiger partial charge in [0.05, 0.1) is 29.1 Å². The smallest absolute Gasteiger partial charge is 0.333 e. The molecule has 1 aromatic carbocycles. The molecule has 0 aromatic heterocycles. The van der Waals surface area contributed by atoms with E-state index in [9.17, 15) is 4.79 Å². The first-order valence-electron chi connectivity index (χ1n) is 7.64. The van der Waals surface area contributed by atoms with Crippen LogP contribution in [0.4, 0.5) is 0 Å². The maximum atomic E-state index is 11.3. The lowest BCUT2D eigenvalue weighted by Crippen LogP contribution is -2.25. The summed E-state index contributed by atoms with van der Waals surface area (Å²) in [5.41, 5.74) is 1.06. The number of hydrogen-bond acceptors (Lipinski definition) is 4. The van der Waals surface area contributed by atoms with Crippen LogP contribution in [0.2, 0.25) is 11.6 Å². The topological polar surface area (TPSA) is 44.8 Å². The van der Waals surface area contributed by atoms with Crippen molar-refractivity contribution in [2.75, 3.05) is 6.61 Å². The van der Waals surface area contributed by atoms with Gasteiger partial charge >= 0.3 is 5.97 Å². The van der Waals surface area contributed by atoms with E-state index in [0.29, 0.717) is 19.0 Å². The van der Waals surface area contributed by atoms with E-state index in [1.54, 1.807) is 6.92 Å². The molecule has 0 spiro atoms. The van der Waals surface area contributed by atoms with Crippen LogP contribution in [0.3, 0.4) is 0 Å². The van der Waals surface area contributed by atoms with Crippen molar-refractivity contribution in [3.05, 3.63) is 39.7 Å². The molecule has 136 valence electrons. The molecule has 0 fully saturated rings. The van der Waals surface area contributed by atoms with Crippen molar-refractivity contribution < 1.29 is 18.7 Å². The highest BCUT2D eigenvalue weighted by Gasteiger charge is 2.22. The molecule has 0 saturated carbocycles. The second kappa shape index (κ2) is 10.9. The monoisotopic (exact) mass is 464 g/mol. The zero-order valence-corrected chi connectivity index (χ0v) is 17.7. The van der Waals surface area contributed by atoms with Gasteiger partial charge in [-0.2, -0.15) is 0 Å². The van der Waals surface area contributed by atoms with E-state index in [1.807, 2.05) is 18.2 Å². The van der Waals surface area contributed by atoms with Crippen molar-refractivity contribution in [1.29, 1.82) is 0 Å². The second-order valence-corrected chi connectivity index (χ2v) is 10.8. The van der Waals surface area contributed by atoms with Crippen LogP contribution < -0.4 is 4.74 Å². The minimum Gasteiger partial charge on any atom is -0.464 e. The highest BCUT2D eigenvalue weighted by atomic mass is 127. The molecule has 24 heavy (non-hydrogen) atoms. The Morgan fingerprint density at radius 3 is 2.58 bits per heavy atom. The third-order valence-electron chi connectivity index (χ3n) is 3.40. The van der Waals surface area contributed by atoms with Gasteiger partial charge in [-0.15, -0.1) is 0 Å². The number of ether oxygens (including phenoxy) is 2. The number of carbonyl (C=O) groups excluding carboxylic acids is 1. The van der Waals surface area contributed by atoms with E-state index >= 15 is 0 Å². The zero-order chi connectivity index (χ0) is 17.5. The molecule has 4 nitrogen and oxygen atoms in total. The second-order valence-electron chi connectivity index (χ2n) is 6.26. The molecule has 0 N–H and O–H groups in total. The van der Waals surface area contributed by atoms with Gasteiger partial charge in [0.1, 0.15) is 5.75 Å². The van der Waals surface area contributed by atoms with E-state index in [1.165, 1.54) is 12.3 Å². The lowest BCUT2D eigenvalue weighted by atomic mass is 10.2. The third-order valence-corrected chi connectivity index (χ3v) is 7.40. The van der Waals surface area contributed by atoms with E-state index in [0.717, 1.165) is 9.13 Å². The van der Waals surface area contributed by atoms with E-state index in [2.05, 4.69) is 49.9 Å². The average molecular weight is 464 g/mol. The highest BCUT2D eigenvalue weighted by molar-refractivity contribution is 14.1. The van der Waals surface area contributed by atoms with Crippen molar-refractivity contribution in [3.63, 3.8) is 0 Å². The Balaban J connectivity index is 0.00000529. The first-order chi connectivity index (χ1) is 10.7. The summed E-state index contributed by atoms with van der Waals surface area (Å²) >= 11 is 2.20. The Labute approximate surface area is 161 Å². The van der Waals surface area contributed by atoms with Crippen LogP contribution in [0.15, 0.2) is 30.5 Å². The van der Waals surface area contributed by atoms with Crippen LogP contribution in [0.5, 0.6) is 5.75 Å². The number of hydrogen-bond donors (Lipinski definition) is 0. The largest absolute Gasteiger partial charge is 0.464 e. The van der Waals surface area contributed by atoms with Gasteiger partial charge in [0.15, 0.2) is 9.04 Å². The Bertz CT molecular complexity index is 552. The van der Waals surface area contributed by atoms with Crippen LogP contribution in [-0.4, -0.2) is 21.6 Å². The van der Waals surface area contributed by atoms with Crippen molar-refractivity contribution >= 4 is 37.6 Å². The van der Waals surface area contributed by atoms with Crippen LogP contribution in [0, 0.1) is 3.57 Å². The summed E-state index contributed by atoms with van der Waals surface area (Å²) in [7, 11) is -1.25. The number of halogens is 1. The predicted molar refractivity (Wildman–Crippen MR) is 110 cm³/mol. The predicted octanol–water partition coefficient (Wildman–Crippen LogP) is 5.05. The molecule has 6 heteroatoms. The lowest BCUT2D eigenvalue weighted by Gasteiger charge is -2.25. The molecule has 0 aliphatic heterocycles. The fourth-order valence-corrected chi connectivity index (χ4v) is 2.96. The number of carbonyl (C=O) groups is 1. The molecule has 0 radical (unpaired) electrons. The van der Waals surface area contributed by atoms with Crippen molar-refractivity contribution in [3.8, 4) is 5.75 Å². The molecule has 0 aliphatic rings. The van der Waals surface area contributed by atoms with Crippen LogP contribution >= 0.6 is 22.6 Å². The average Bonchev–Trinajstić information content (AvgIpc) is 2.46. The molecular weight excluding hydrogens is 435 g/mol. The Morgan fingerprint density at radius 2 is 2.00 bits per heavy atom. The van der Waals surface area contributed by atoms with E-state index in [-0.39, 0.29) is 12.5 Å². The van der Waals surface area contributed by atoms with Gasteiger partial charge < -0.3 is 13.9 Å². The van der Waals surface area contributed by atoms with Crippen molar-refractivity contribution in [2.24, 2.45) is 0 Å². The summed E-state index contributed by atoms with van der Waals surface area (Å²) in [6.45, 7) is 11.6. The molecule has 1 atom stereocenters. The molecule has 1 unspecified atom stereocenters. The zero-order valence-electron chi connectivity index (χ0n) is 14.4. The van der Waals surface area contributed by atoms with Crippen molar-refractivity contribution in [2.45, 2.75) is 53.3 Å². The van der Waals surface area contributed by atoms with Crippen molar-refractivity contribution in [1.82, 2.24) is 0 Å². The van der Waals surface area contributed by atoms with Gasteiger partial charge in [0, 0.05) is 0 Å². The summed E-state index contributed by atoms with van der Waals surface area (Å²) in [6, 6.07) is 5.96. The maximum absolute atomic E-state index is 11.3. The Morgan fingerprint density at radius 1 is 1.33 bits per heavy atom. The van der Waals surface area contributed by atoms with Gasteiger partial charge in [0.2, 0.25) is 0 Å². The molecule has 0 amide bonds. The normalized spacial score (nSPS) is 12.6. The molecule has 0 aliphatic carbocycles. The minimum atomic E-state index is -1.25. The van der Waals surface area contributed by atoms with Gasteiger partial charge in [-0.3, -0.25) is 0 Å². The Hall–Kier alpha value is -0.863. The number of rotatable bonds is 7. The quantitative estimate of drug-likeness (QED) is 0.186. The molecule has 0 heterocycles. The summed E-state index contributed by atoms with van der Waals surface area (Å²) in [4.78, 5) is 11.3. The molecule has 0 saturated heterocycles. The molecular formula is C18H29IO4Si. The van der Waals surface area contributed by atoms with Gasteiger partial charge in [-0.05, 0) is 58.8 Å². The van der Waals surface area contributed by atoms with Crippen LogP contribution in [0.25, 0.3) is 0 Å². The van der Waals surface area contributed by atoms with Gasteiger partial charge in [0.25, 0.3) is 0 Å². The molecule has 1 aromatic rings. The fourth-order valence-electron chi connectivity index (χ4n) is 1.55. The lowest BCUT2D eigenvalue weighted by molar-refractivity contribution is -0.137. The number of esters is 1. The van der Waals surface area contributed by atoms with Gasteiger partial charge in [-0.1, -0.05) is 34.3 Å². The fraction of sp³-hybridized carbons (Fsp3) is 0.500. The summed E-state index contributed by atoms with van der Waals surface area (Å²) in [5, 5.41) is 0.241. The summed E-state index contributed by atoms with van der Waals surface area (Å²) in [5.74, 6) is 0.296. The van der Waals surface area contributed by atoms with E-state index < -0.39 is 15.0 Å². The third kappa shape index (κ3) is 8.30. The maximum Gasteiger partial charge on any atom is 0.333 e. The standard InChI is InChI=1S/C17H25IO4Si.CH4/c1-6-20-16(19)9-10-21-15-11-13(7-8-14(15)18)12-22-23(5)17(2,3)4;/h7-11,23H,6,12H2,1-5H3;1H4. The minimum absolute atomic E-state index is 0. The Kier molecular flexibility index (Phi) is 10.5.